The molecule has 11 heteroatoms. The van der Waals surface area contributed by atoms with E-state index in [0.717, 1.165) is 28.0 Å². The molecule has 0 fully saturated rings. The fraction of sp³-hybridized carbons (Fsp3) is 0.286. The van der Waals surface area contributed by atoms with Crippen molar-refractivity contribution in [3.8, 4) is 17.0 Å². The summed E-state index contributed by atoms with van der Waals surface area (Å²) < 4.78 is 23.4. The average molecular weight is 572 g/mol. The Balaban J connectivity index is 1.48. The average Bonchev–Trinajstić information content (AvgIpc) is 3.30. The minimum Gasteiger partial charge on any atom is -0.489 e. The molecule has 2 heterocycles. The maximum Gasteiger partial charge on any atom is 0.469 e. The molecular weight excluding hydrogens is 541 g/mol. The molecule has 0 aliphatic rings. The number of carbonyl (C=O) groups is 1. The number of ether oxygens (including phenoxy) is 1. The summed E-state index contributed by atoms with van der Waals surface area (Å²) in [5.74, 6) is 0.113. The summed E-state index contributed by atoms with van der Waals surface area (Å²) in [7, 11) is -4.63. The van der Waals surface area contributed by atoms with Crippen molar-refractivity contribution in [2.45, 2.75) is 45.8 Å². The van der Waals surface area contributed by atoms with E-state index in [-0.39, 0.29) is 25.0 Å². The number of phosphoric acid groups is 1. The van der Waals surface area contributed by atoms with Crippen LogP contribution in [0.2, 0.25) is 5.02 Å². The first-order chi connectivity index (χ1) is 18.5. The zero-order valence-electron chi connectivity index (χ0n) is 21.9. The third kappa shape index (κ3) is 7.91. The molecule has 2 aromatic carbocycles. The van der Waals surface area contributed by atoms with Crippen LogP contribution in [0.15, 0.2) is 67.0 Å². The Hall–Kier alpha value is -3.20. The fourth-order valence-electron chi connectivity index (χ4n) is 4.19. The Kier molecular flexibility index (Phi) is 9.10. The molecule has 0 bridgehead atoms. The molecule has 206 valence electrons. The Morgan fingerprint density at radius 1 is 1.15 bits per heavy atom. The maximum absolute atomic E-state index is 13.0. The Bertz CT molecular complexity index is 1500. The Morgan fingerprint density at radius 2 is 1.90 bits per heavy atom. The van der Waals surface area contributed by atoms with Gasteiger partial charge in [0.2, 0.25) is 0 Å². The largest absolute Gasteiger partial charge is 0.489 e. The van der Waals surface area contributed by atoms with E-state index in [2.05, 4.69) is 9.84 Å². The molecule has 0 aliphatic carbocycles. The lowest BCUT2D eigenvalue weighted by Gasteiger charge is -2.20. The third-order valence-electron chi connectivity index (χ3n) is 6.03. The van der Waals surface area contributed by atoms with Crippen LogP contribution in [-0.4, -0.2) is 43.8 Å². The van der Waals surface area contributed by atoms with E-state index in [0.29, 0.717) is 22.8 Å². The van der Waals surface area contributed by atoms with Crippen molar-refractivity contribution in [3.05, 3.63) is 88.7 Å². The van der Waals surface area contributed by atoms with E-state index >= 15 is 0 Å². The van der Waals surface area contributed by atoms with Crippen molar-refractivity contribution < 1.29 is 28.4 Å². The Labute approximate surface area is 232 Å². The predicted molar refractivity (Wildman–Crippen MR) is 150 cm³/mol. The molecule has 0 saturated heterocycles. The van der Waals surface area contributed by atoms with E-state index in [1.54, 1.807) is 12.1 Å². The topological polar surface area (TPSA) is 122 Å². The van der Waals surface area contributed by atoms with Gasteiger partial charge in [-0.1, -0.05) is 41.9 Å². The van der Waals surface area contributed by atoms with Crippen molar-refractivity contribution in [1.29, 1.82) is 0 Å². The number of aryl methyl sites for hydroxylation is 1. The van der Waals surface area contributed by atoms with Crippen LogP contribution >= 0.6 is 19.4 Å². The van der Waals surface area contributed by atoms with Gasteiger partial charge in [-0.3, -0.25) is 9.32 Å². The van der Waals surface area contributed by atoms with Crippen LogP contribution in [0, 0.1) is 6.92 Å². The number of halogens is 1. The zero-order valence-corrected chi connectivity index (χ0v) is 23.5. The van der Waals surface area contributed by atoms with Crippen molar-refractivity contribution in [2.24, 2.45) is 0 Å². The van der Waals surface area contributed by atoms with Gasteiger partial charge in [-0.05, 0) is 69.0 Å². The van der Waals surface area contributed by atoms with E-state index in [1.165, 1.54) is 6.07 Å². The molecule has 1 amide bonds. The first kappa shape index (κ1) is 28.8. The monoisotopic (exact) mass is 571 g/mol. The van der Waals surface area contributed by atoms with Crippen LogP contribution in [0.3, 0.4) is 0 Å². The molecule has 9 nitrogen and oxygen atoms in total. The van der Waals surface area contributed by atoms with Gasteiger partial charge in [0.1, 0.15) is 11.4 Å². The smallest absolute Gasteiger partial charge is 0.469 e. The van der Waals surface area contributed by atoms with E-state index < -0.39 is 13.9 Å². The van der Waals surface area contributed by atoms with E-state index in [1.807, 2.05) is 74.0 Å². The number of benzene rings is 2. The van der Waals surface area contributed by atoms with E-state index in [9.17, 15) is 9.36 Å². The van der Waals surface area contributed by atoms with Crippen molar-refractivity contribution >= 4 is 31.0 Å². The van der Waals surface area contributed by atoms with Gasteiger partial charge in [0.05, 0.1) is 23.4 Å². The minimum atomic E-state index is -4.63. The van der Waals surface area contributed by atoms with Gasteiger partial charge < -0.3 is 24.2 Å². The fourth-order valence-corrected chi connectivity index (χ4v) is 4.76. The second-order valence-electron chi connectivity index (χ2n) is 9.54. The van der Waals surface area contributed by atoms with Gasteiger partial charge >= 0.3 is 7.82 Å². The second-order valence-corrected chi connectivity index (χ2v) is 11.2. The van der Waals surface area contributed by atoms with Gasteiger partial charge in [0, 0.05) is 29.6 Å². The maximum atomic E-state index is 13.0. The summed E-state index contributed by atoms with van der Waals surface area (Å²) in [6, 6.07) is 16.1. The highest BCUT2D eigenvalue weighted by molar-refractivity contribution is 7.46. The molecule has 0 saturated carbocycles. The van der Waals surface area contributed by atoms with Crippen LogP contribution in [0.1, 0.15) is 41.8 Å². The molecule has 2 aromatic heterocycles. The zero-order chi connectivity index (χ0) is 28.2. The summed E-state index contributed by atoms with van der Waals surface area (Å²) >= 11 is 6.30. The summed E-state index contributed by atoms with van der Waals surface area (Å²) in [4.78, 5) is 35.9. The van der Waals surface area contributed by atoms with Gasteiger partial charge in [-0.15, -0.1) is 0 Å². The van der Waals surface area contributed by atoms with Crippen LogP contribution < -0.4 is 10.1 Å². The molecule has 0 unspecified atom stereocenters. The molecule has 0 spiro atoms. The number of pyridine rings is 1. The second kappa shape index (κ2) is 12.3. The van der Waals surface area contributed by atoms with Gasteiger partial charge in [-0.25, -0.2) is 9.55 Å². The van der Waals surface area contributed by atoms with Crippen molar-refractivity contribution in [2.75, 3.05) is 6.61 Å². The number of aromatic nitrogens is 2. The van der Waals surface area contributed by atoms with Crippen molar-refractivity contribution in [3.63, 3.8) is 0 Å². The number of fused-ring (bicyclic) bond motifs is 1. The molecule has 3 N–H and O–H groups in total. The quantitative estimate of drug-likeness (QED) is 0.201. The number of nitrogens with zero attached hydrogens (tertiary/aromatic N) is 2. The summed E-state index contributed by atoms with van der Waals surface area (Å²) in [6.07, 6.45) is 4.47. The number of nitrogens with one attached hydrogen (secondary N) is 1. The van der Waals surface area contributed by atoms with Crippen LogP contribution in [0.4, 0.5) is 0 Å². The first-order valence-corrected chi connectivity index (χ1v) is 14.4. The SMILES string of the molecule is Cc1cccn2cc(-c3ccc(C[C@H](CCOP(=O)(O)O)NC(=O)c4ccc(OC(C)C)c(Cl)c4)cc3)nc12. The molecular formula is C28H31ClN3O6P. The number of phosphoric ester groups is 1. The molecule has 1 atom stereocenters. The number of hydrogen-bond donors (Lipinski definition) is 3. The molecule has 0 aliphatic heterocycles. The van der Waals surface area contributed by atoms with Gasteiger partial charge in [0.15, 0.2) is 0 Å². The number of hydrogen-bond acceptors (Lipinski definition) is 5. The summed E-state index contributed by atoms with van der Waals surface area (Å²) in [5, 5.41) is 3.25. The molecule has 4 rings (SSSR count). The highest BCUT2D eigenvalue weighted by Crippen LogP contribution is 2.36. The lowest BCUT2D eigenvalue weighted by molar-refractivity contribution is 0.0930. The van der Waals surface area contributed by atoms with Gasteiger partial charge in [-0.2, -0.15) is 0 Å². The Morgan fingerprint density at radius 3 is 2.54 bits per heavy atom. The standard InChI is InChI=1S/C28H31ClN3O6P/c1-18(2)38-26-11-10-22(16-24(26)29)28(33)30-23(12-14-37-39(34,35)36)15-20-6-8-21(9-7-20)25-17-32-13-4-5-19(3)27(32)31-25/h4-11,13,16-18,23H,12,14-15H2,1-3H3,(H,30,33)(H2,34,35,36)/t23-/m0/s1. The summed E-state index contributed by atoms with van der Waals surface area (Å²) in [5.41, 5.74) is 5.05. The lowest BCUT2D eigenvalue weighted by Crippen LogP contribution is -2.37. The predicted octanol–water partition coefficient (Wildman–Crippen LogP) is 5.59. The molecule has 4 aromatic rings. The normalized spacial score (nSPS) is 12.6. The number of carbonyl (C=O) groups excluding carboxylic acids is 1. The van der Waals surface area contributed by atoms with E-state index in [4.69, 9.17) is 31.1 Å². The highest BCUT2D eigenvalue weighted by Gasteiger charge is 2.19. The van der Waals surface area contributed by atoms with Crippen molar-refractivity contribution in [1.82, 2.24) is 14.7 Å². The number of imidazole rings is 1. The summed E-state index contributed by atoms with van der Waals surface area (Å²) in [6.45, 7) is 5.55. The molecule has 0 radical (unpaired) electrons. The first-order valence-electron chi connectivity index (χ1n) is 12.5. The third-order valence-corrected chi connectivity index (χ3v) is 6.84. The van der Waals surface area contributed by atoms with Crippen LogP contribution in [0.25, 0.3) is 16.9 Å². The lowest BCUT2D eigenvalue weighted by atomic mass is 10.0. The number of rotatable bonds is 11. The molecule has 39 heavy (non-hydrogen) atoms. The minimum absolute atomic E-state index is 0.0659. The number of amides is 1. The van der Waals surface area contributed by atoms with Crippen LogP contribution in [-0.2, 0) is 15.5 Å². The highest BCUT2D eigenvalue weighted by atomic mass is 35.5. The van der Waals surface area contributed by atoms with Gasteiger partial charge in [0.25, 0.3) is 5.91 Å². The van der Waals surface area contributed by atoms with Crippen LogP contribution in [0.5, 0.6) is 5.75 Å².